The van der Waals surface area contributed by atoms with Gasteiger partial charge in [0.25, 0.3) is 5.91 Å². The molecule has 4 nitrogen and oxygen atoms in total. The van der Waals surface area contributed by atoms with E-state index in [9.17, 15) is 4.79 Å². The van der Waals surface area contributed by atoms with Crippen molar-refractivity contribution in [1.29, 1.82) is 0 Å². The van der Waals surface area contributed by atoms with Gasteiger partial charge in [0, 0.05) is 13.1 Å². The Morgan fingerprint density at radius 2 is 1.76 bits per heavy atom. The monoisotopic (exact) mass is 307 g/mol. The number of likely N-dealkylation sites (tertiary alicyclic amines) is 1. The van der Waals surface area contributed by atoms with E-state index >= 15 is 0 Å². The van der Waals surface area contributed by atoms with Gasteiger partial charge in [-0.05, 0) is 57.4 Å². The molecular weight excluding hydrogens is 285 g/mol. The Morgan fingerprint density at radius 3 is 2.33 bits per heavy atom. The van der Waals surface area contributed by atoms with Crippen molar-refractivity contribution < 1.29 is 14.1 Å². The fourth-order valence-corrected chi connectivity index (χ4v) is 3.52. The lowest BCUT2D eigenvalue weighted by Gasteiger charge is -2.32. The molecule has 2 aliphatic heterocycles. The molecule has 0 atom stereocenters. The number of thiophene rings is 1. The first-order valence-corrected chi connectivity index (χ1v) is 8.41. The van der Waals surface area contributed by atoms with Gasteiger partial charge < -0.3 is 14.2 Å². The average molecular weight is 307 g/mol. The number of hydrogen-bond donors (Lipinski definition) is 0. The van der Waals surface area contributed by atoms with E-state index in [1.54, 1.807) is 0 Å². The van der Waals surface area contributed by atoms with Gasteiger partial charge in [0.2, 0.25) is 0 Å². The molecule has 3 rings (SSSR count). The van der Waals surface area contributed by atoms with Crippen LogP contribution in [0.25, 0.3) is 0 Å². The van der Waals surface area contributed by atoms with E-state index in [1.165, 1.54) is 11.3 Å². The van der Waals surface area contributed by atoms with Crippen molar-refractivity contribution >= 4 is 29.8 Å². The van der Waals surface area contributed by atoms with Crippen LogP contribution in [0.2, 0.25) is 0 Å². The smallest absolute Gasteiger partial charge is 0.399 e. The van der Waals surface area contributed by atoms with Gasteiger partial charge in [-0.1, -0.05) is 0 Å². The van der Waals surface area contributed by atoms with E-state index in [4.69, 9.17) is 9.31 Å². The highest BCUT2D eigenvalue weighted by atomic mass is 32.1. The van der Waals surface area contributed by atoms with Gasteiger partial charge in [0.15, 0.2) is 0 Å². The SMILES string of the molecule is CC1(C)OB(c2csc(C(=O)N3CCCC3)c2)OC1(C)C. The molecule has 2 saturated heterocycles. The zero-order valence-corrected chi connectivity index (χ0v) is 14.0. The highest BCUT2D eigenvalue weighted by molar-refractivity contribution is 7.13. The molecule has 6 heteroatoms. The molecule has 0 bridgehead atoms. The average Bonchev–Trinajstić information content (AvgIpc) is 3.10. The molecule has 0 radical (unpaired) electrons. The number of nitrogens with zero attached hydrogens (tertiary/aromatic N) is 1. The summed E-state index contributed by atoms with van der Waals surface area (Å²) in [5, 5.41) is 1.98. The molecule has 114 valence electrons. The molecule has 0 N–H and O–H groups in total. The summed E-state index contributed by atoms with van der Waals surface area (Å²) in [6, 6.07) is 1.92. The van der Waals surface area contributed by atoms with Crippen molar-refractivity contribution in [3.05, 3.63) is 16.3 Å². The molecule has 21 heavy (non-hydrogen) atoms. The molecule has 0 unspecified atom stereocenters. The maximum absolute atomic E-state index is 12.4. The lowest BCUT2D eigenvalue weighted by atomic mass is 9.81. The second-order valence-corrected chi connectivity index (χ2v) is 7.74. The summed E-state index contributed by atoms with van der Waals surface area (Å²) >= 11 is 1.48. The summed E-state index contributed by atoms with van der Waals surface area (Å²) < 4.78 is 12.1. The number of carbonyl (C=O) groups is 1. The van der Waals surface area contributed by atoms with Crippen molar-refractivity contribution in [1.82, 2.24) is 4.90 Å². The molecule has 0 aromatic carbocycles. The van der Waals surface area contributed by atoms with Gasteiger partial charge in [0.1, 0.15) is 0 Å². The first-order valence-electron chi connectivity index (χ1n) is 7.53. The second-order valence-electron chi connectivity index (χ2n) is 6.83. The Balaban J connectivity index is 1.75. The van der Waals surface area contributed by atoms with Gasteiger partial charge in [-0.2, -0.15) is 0 Å². The Morgan fingerprint density at radius 1 is 1.19 bits per heavy atom. The Hall–Kier alpha value is -0.845. The molecule has 1 aromatic rings. The minimum absolute atomic E-state index is 0.139. The maximum atomic E-state index is 12.4. The number of carbonyl (C=O) groups excluding carboxylic acids is 1. The lowest BCUT2D eigenvalue weighted by molar-refractivity contribution is 0.00578. The van der Waals surface area contributed by atoms with Crippen molar-refractivity contribution in [2.24, 2.45) is 0 Å². The van der Waals surface area contributed by atoms with Crippen LogP contribution in [-0.4, -0.2) is 42.2 Å². The van der Waals surface area contributed by atoms with Crippen LogP contribution in [0.3, 0.4) is 0 Å². The summed E-state index contributed by atoms with van der Waals surface area (Å²) in [5.41, 5.74) is 0.249. The van der Waals surface area contributed by atoms with E-state index < -0.39 is 0 Å². The zero-order chi connectivity index (χ0) is 15.3. The molecule has 0 spiro atoms. The topological polar surface area (TPSA) is 38.8 Å². The summed E-state index contributed by atoms with van der Waals surface area (Å²) in [7, 11) is -0.383. The van der Waals surface area contributed by atoms with Crippen molar-refractivity contribution in [2.75, 3.05) is 13.1 Å². The number of rotatable bonds is 2. The first-order chi connectivity index (χ1) is 9.80. The van der Waals surface area contributed by atoms with Crippen LogP contribution in [0.4, 0.5) is 0 Å². The van der Waals surface area contributed by atoms with Crippen LogP contribution in [0.5, 0.6) is 0 Å². The van der Waals surface area contributed by atoms with Gasteiger partial charge in [0.05, 0.1) is 16.1 Å². The van der Waals surface area contributed by atoms with Crippen LogP contribution in [0, 0.1) is 0 Å². The third kappa shape index (κ3) is 2.65. The molecule has 1 aromatic heterocycles. The van der Waals surface area contributed by atoms with Crippen LogP contribution in [0.1, 0.15) is 50.2 Å². The van der Waals surface area contributed by atoms with E-state index in [2.05, 4.69) is 0 Å². The Labute approximate surface area is 130 Å². The minimum Gasteiger partial charge on any atom is -0.399 e. The van der Waals surface area contributed by atoms with Gasteiger partial charge in [-0.15, -0.1) is 11.3 Å². The normalized spacial score (nSPS) is 23.8. The van der Waals surface area contributed by atoms with Crippen LogP contribution in [0.15, 0.2) is 11.4 Å². The third-order valence-electron chi connectivity index (χ3n) is 4.75. The molecule has 2 aliphatic rings. The standard InChI is InChI=1S/C15H22BNO3S/c1-14(2)15(3,4)20-16(19-14)11-9-12(21-10-11)13(18)17-7-5-6-8-17/h9-10H,5-8H2,1-4H3. The molecule has 0 saturated carbocycles. The van der Waals surface area contributed by atoms with Crippen LogP contribution >= 0.6 is 11.3 Å². The van der Waals surface area contributed by atoms with Gasteiger partial charge in [-0.25, -0.2) is 0 Å². The highest BCUT2D eigenvalue weighted by Gasteiger charge is 2.52. The largest absolute Gasteiger partial charge is 0.495 e. The Bertz CT molecular complexity index is 533. The second kappa shape index (κ2) is 5.11. The molecule has 3 heterocycles. The minimum atomic E-state index is -0.383. The van der Waals surface area contributed by atoms with E-state index in [-0.39, 0.29) is 24.2 Å². The quantitative estimate of drug-likeness (QED) is 0.787. The predicted octanol–water partition coefficient (Wildman–Crippen LogP) is 2.28. The summed E-state index contributed by atoms with van der Waals surface area (Å²) in [6.07, 6.45) is 2.22. The third-order valence-corrected chi connectivity index (χ3v) is 5.69. The van der Waals surface area contributed by atoms with E-state index in [0.717, 1.165) is 36.3 Å². The fraction of sp³-hybridized carbons (Fsp3) is 0.667. The fourth-order valence-electron chi connectivity index (χ4n) is 2.64. The Kier molecular flexibility index (Phi) is 3.67. The molecule has 0 aliphatic carbocycles. The van der Waals surface area contributed by atoms with Crippen LogP contribution in [-0.2, 0) is 9.31 Å². The van der Waals surface area contributed by atoms with Gasteiger partial charge in [-0.3, -0.25) is 4.79 Å². The highest BCUT2D eigenvalue weighted by Crippen LogP contribution is 2.36. The zero-order valence-electron chi connectivity index (χ0n) is 13.1. The molecule has 2 fully saturated rings. The first kappa shape index (κ1) is 15.1. The van der Waals surface area contributed by atoms with E-state index in [1.807, 2.05) is 44.0 Å². The summed E-state index contributed by atoms with van der Waals surface area (Å²) in [4.78, 5) is 15.1. The number of hydrogen-bond acceptors (Lipinski definition) is 4. The summed E-state index contributed by atoms with van der Waals surface area (Å²) in [6.45, 7) is 9.90. The van der Waals surface area contributed by atoms with Crippen molar-refractivity contribution in [3.63, 3.8) is 0 Å². The lowest BCUT2D eigenvalue weighted by Crippen LogP contribution is -2.41. The van der Waals surface area contributed by atoms with Crippen molar-refractivity contribution in [3.8, 4) is 0 Å². The van der Waals surface area contributed by atoms with Gasteiger partial charge >= 0.3 is 7.12 Å². The molecule has 1 amide bonds. The van der Waals surface area contributed by atoms with E-state index in [0.29, 0.717) is 0 Å². The van der Waals surface area contributed by atoms with Crippen LogP contribution < -0.4 is 5.46 Å². The molecular formula is C15H22BNO3S. The van der Waals surface area contributed by atoms with Crippen molar-refractivity contribution in [2.45, 2.75) is 51.7 Å². The number of amides is 1. The summed E-state index contributed by atoms with van der Waals surface area (Å²) in [5.74, 6) is 0.139. The maximum Gasteiger partial charge on any atom is 0.495 e. The predicted molar refractivity (Wildman–Crippen MR) is 85.2 cm³/mol.